The van der Waals surface area contributed by atoms with Gasteiger partial charge in [0, 0.05) is 72.2 Å². The molecule has 4 amide bonds. The minimum Gasteiger partial charge on any atom is -0.444 e. The van der Waals surface area contributed by atoms with E-state index in [0.717, 1.165) is 25.8 Å². The van der Waals surface area contributed by atoms with E-state index in [-0.39, 0.29) is 54.7 Å². The van der Waals surface area contributed by atoms with Gasteiger partial charge in [0.2, 0.25) is 17.7 Å². The molecule has 1 saturated carbocycles. The van der Waals surface area contributed by atoms with Crippen LogP contribution < -0.4 is 5.32 Å². The monoisotopic (exact) mass is 655 g/mol. The molecule has 0 aromatic heterocycles. The number of likely N-dealkylation sites (N-methyl/N-ethyl adjacent to an activating group) is 1. The Morgan fingerprint density at radius 3 is 2.34 bits per heavy atom. The summed E-state index contributed by atoms with van der Waals surface area (Å²) in [5, 5.41) is 2.97. The fourth-order valence-electron chi connectivity index (χ4n) is 6.83. The topological polar surface area (TPSA) is 112 Å². The zero-order valence-corrected chi connectivity index (χ0v) is 29.7. The number of methoxy groups -OCH3 is 1. The van der Waals surface area contributed by atoms with Crippen molar-refractivity contribution in [2.75, 3.05) is 54.0 Å². The lowest BCUT2D eigenvalue weighted by atomic mass is 9.86. The van der Waals surface area contributed by atoms with Crippen molar-refractivity contribution in [1.82, 2.24) is 24.9 Å². The molecule has 1 saturated heterocycles. The molecular weight excluding hydrogens is 598 g/mol. The number of fused-ring (bicyclic) bond motifs is 1. The molecule has 11 heteroatoms. The average molecular weight is 656 g/mol. The first-order valence-corrected chi connectivity index (χ1v) is 17.3. The van der Waals surface area contributed by atoms with E-state index in [0.29, 0.717) is 26.0 Å². The Bertz CT molecular complexity index is 1230. The summed E-state index contributed by atoms with van der Waals surface area (Å²) in [5.74, 6) is -1.39. The van der Waals surface area contributed by atoms with Gasteiger partial charge in [-0.25, -0.2) is 4.79 Å². The molecule has 5 atom stereocenters. The largest absolute Gasteiger partial charge is 0.444 e. The number of rotatable bonds is 13. The SMILES string of the molecule is COCCCN1C=C(CN(C(=O)C2C[C@H](C(=O)NC(CC(C)C)C(=O)N(C)C)CN(C(=O)OC(C)(C)C)C2)C2CC2)C2C=CC=CC21. The van der Waals surface area contributed by atoms with Crippen molar-refractivity contribution < 1.29 is 28.7 Å². The smallest absolute Gasteiger partial charge is 0.410 e. The average Bonchev–Trinajstić information content (AvgIpc) is 3.79. The Morgan fingerprint density at radius 1 is 1.04 bits per heavy atom. The Labute approximate surface area is 281 Å². The maximum atomic E-state index is 14.5. The van der Waals surface area contributed by atoms with Crippen molar-refractivity contribution in [3.8, 4) is 0 Å². The van der Waals surface area contributed by atoms with E-state index in [9.17, 15) is 19.2 Å². The van der Waals surface area contributed by atoms with Gasteiger partial charge in [0.15, 0.2) is 0 Å². The Kier molecular flexibility index (Phi) is 12.2. The number of nitrogens with one attached hydrogen (secondary N) is 1. The molecule has 47 heavy (non-hydrogen) atoms. The Hall–Kier alpha value is -3.34. The summed E-state index contributed by atoms with van der Waals surface area (Å²) >= 11 is 0. The molecule has 4 rings (SSSR count). The highest BCUT2D eigenvalue weighted by molar-refractivity contribution is 5.89. The first-order chi connectivity index (χ1) is 22.2. The third kappa shape index (κ3) is 9.84. The molecule has 4 unspecified atom stereocenters. The van der Waals surface area contributed by atoms with Crippen LogP contribution in [0.5, 0.6) is 0 Å². The summed E-state index contributed by atoms with van der Waals surface area (Å²) in [6, 6.07) is -0.319. The van der Waals surface area contributed by atoms with Gasteiger partial charge in [-0.3, -0.25) is 14.4 Å². The van der Waals surface area contributed by atoms with Gasteiger partial charge in [-0.05, 0) is 64.4 Å². The summed E-state index contributed by atoms with van der Waals surface area (Å²) in [5.41, 5.74) is 0.468. The molecule has 2 aliphatic heterocycles. The highest BCUT2D eigenvalue weighted by Crippen LogP contribution is 2.37. The van der Waals surface area contributed by atoms with Crippen molar-refractivity contribution in [3.63, 3.8) is 0 Å². The van der Waals surface area contributed by atoms with E-state index in [4.69, 9.17) is 9.47 Å². The van der Waals surface area contributed by atoms with Crippen LogP contribution in [0.15, 0.2) is 36.1 Å². The number of ether oxygens (including phenoxy) is 2. The number of allylic oxidation sites excluding steroid dienone is 2. The van der Waals surface area contributed by atoms with Gasteiger partial charge in [-0.2, -0.15) is 0 Å². The maximum absolute atomic E-state index is 14.5. The lowest BCUT2D eigenvalue weighted by Crippen LogP contribution is -2.56. The molecule has 0 radical (unpaired) electrons. The van der Waals surface area contributed by atoms with Crippen LogP contribution in [0.1, 0.15) is 66.7 Å². The lowest BCUT2D eigenvalue weighted by Gasteiger charge is -2.39. The van der Waals surface area contributed by atoms with Gasteiger partial charge < -0.3 is 34.4 Å². The number of nitrogens with zero attached hydrogens (tertiary/aromatic N) is 4. The van der Waals surface area contributed by atoms with Crippen molar-refractivity contribution in [2.45, 2.75) is 90.4 Å². The highest BCUT2D eigenvalue weighted by atomic mass is 16.6. The maximum Gasteiger partial charge on any atom is 0.410 e. The second-order valence-corrected chi connectivity index (χ2v) is 15.2. The van der Waals surface area contributed by atoms with Gasteiger partial charge >= 0.3 is 6.09 Å². The van der Waals surface area contributed by atoms with Crippen LogP contribution in [0.3, 0.4) is 0 Å². The molecule has 2 aliphatic carbocycles. The van der Waals surface area contributed by atoms with E-state index >= 15 is 0 Å². The number of hydrogen-bond donors (Lipinski definition) is 1. The molecule has 4 aliphatic rings. The fraction of sp³-hybridized carbons (Fsp3) is 0.722. The van der Waals surface area contributed by atoms with E-state index < -0.39 is 29.6 Å². The molecular formula is C36H57N5O6. The summed E-state index contributed by atoms with van der Waals surface area (Å²) in [6.07, 6.45) is 13.9. The second-order valence-electron chi connectivity index (χ2n) is 15.2. The zero-order valence-electron chi connectivity index (χ0n) is 29.7. The highest BCUT2D eigenvalue weighted by Gasteiger charge is 2.44. The Morgan fingerprint density at radius 2 is 1.72 bits per heavy atom. The number of carbonyl (C=O) groups is 4. The lowest BCUT2D eigenvalue weighted by molar-refractivity contribution is -0.141. The van der Waals surface area contributed by atoms with Gasteiger partial charge in [-0.15, -0.1) is 0 Å². The standard InChI is InChI=1S/C36H57N5O6/c1-24(2)18-30(34(44)38(6)7)37-32(42)25-19-26(21-40(20-25)35(45)47-36(3,4)5)33(43)41(28-14-15-28)23-27-22-39(16-11-17-46-8)31-13-10-9-12-29(27)31/h9-10,12-13,22,24-26,28-31H,11,14-21,23H2,1-8H3,(H,37,42)/t25-,26?,29?,30?,31?/m0/s1. The minimum absolute atomic E-state index is 0.0349. The van der Waals surface area contributed by atoms with E-state index in [1.54, 1.807) is 42.0 Å². The Balaban J connectivity index is 1.55. The summed E-state index contributed by atoms with van der Waals surface area (Å²) < 4.78 is 11.0. The first kappa shape index (κ1) is 36.5. The summed E-state index contributed by atoms with van der Waals surface area (Å²) in [7, 11) is 5.06. The molecule has 0 bridgehead atoms. The van der Waals surface area contributed by atoms with Crippen LogP contribution in [0, 0.1) is 23.7 Å². The molecule has 11 nitrogen and oxygen atoms in total. The van der Waals surface area contributed by atoms with Crippen molar-refractivity contribution in [3.05, 3.63) is 36.1 Å². The molecule has 262 valence electrons. The third-order valence-corrected chi connectivity index (χ3v) is 9.22. The normalized spacial score (nSPS) is 24.5. The van der Waals surface area contributed by atoms with Crippen molar-refractivity contribution >= 4 is 23.8 Å². The van der Waals surface area contributed by atoms with Crippen molar-refractivity contribution in [2.24, 2.45) is 23.7 Å². The first-order valence-electron chi connectivity index (χ1n) is 17.3. The molecule has 2 fully saturated rings. The second kappa shape index (κ2) is 15.7. The van der Waals surface area contributed by atoms with Crippen LogP contribution in [-0.2, 0) is 23.9 Å². The van der Waals surface area contributed by atoms with Crippen LogP contribution in [-0.4, -0.2) is 121 Å². The van der Waals surface area contributed by atoms with Gasteiger partial charge in [0.05, 0.1) is 17.9 Å². The van der Waals surface area contributed by atoms with Gasteiger partial charge in [0.25, 0.3) is 0 Å². The zero-order chi connectivity index (χ0) is 34.5. The number of amides is 4. The predicted octanol–water partition coefficient (Wildman–Crippen LogP) is 3.82. The van der Waals surface area contributed by atoms with Gasteiger partial charge in [-0.1, -0.05) is 38.2 Å². The molecule has 1 N–H and O–H groups in total. The predicted molar refractivity (Wildman–Crippen MR) is 181 cm³/mol. The van der Waals surface area contributed by atoms with Crippen molar-refractivity contribution in [1.29, 1.82) is 0 Å². The van der Waals surface area contributed by atoms with E-state index in [2.05, 4.69) is 40.7 Å². The van der Waals surface area contributed by atoms with Crippen LogP contribution in [0.2, 0.25) is 0 Å². The number of likely N-dealkylation sites (tertiary alicyclic amines) is 1. The molecule has 2 heterocycles. The number of piperidine rings is 1. The molecule has 0 aromatic rings. The third-order valence-electron chi connectivity index (χ3n) is 9.22. The molecule has 0 spiro atoms. The quantitative estimate of drug-likeness (QED) is 0.301. The summed E-state index contributed by atoms with van der Waals surface area (Å²) in [4.78, 5) is 62.0. The van der Waals surface area contributed by atoms with Crippen LogP contribution in [0.4, 0.5) is 4.79 Å². The van der Waals surface area contributed by atoms with Crippen LogP contribution in [0.25, 0.3) is 0 Å². The number of hydrogen-bond acceptors (Lipinski definition) is 7. The summed E-state index contributed by atoms with van der Waals surface area (Å²) in [6.45, 7) is 11.8. The van der Waals surface area contributed by atoms with Crippen LogP contribution >= 0.6 is 0 Å². The minimum atomic E-state index is -0.727. The van der Waals surface area contributed by atoms with E-state index in [1.165, 1.54) is 15.4 Å². The van der Waals surface area contributed by atoms with Gasteiger partial charge in [0.1, 0.15) is 11.6 Å². The van der Waals surface area contributed by atoms with E-state index in [1.807, 2.05) is 18.7 Å². The molecule has 0 aromatic carbocycles. The fourth-order valence-corrected chi connectivity index (χ4v) is 6.83. The number of carbonyl (C=O) groups excluding carboxylic acids is 4.